The van der Waals surface area contributed by atoms with Gasteiger partial charge in [0.1, 0.15) is 0 Å². The van der Waals surface area contributed by atoms with Crippen LogP contribution in [0.15, 0.2) is 36.4 Å². The highest BCUT2D eigenvalue weighted by Gasteiger charge is 2.16. The van der Waals surface area contributed by atoms with Crippen LogP contribution >= 0.6 is 11.6 Å². The average Bonchev–Trinajstić information content (AvgIpc) is 3.09. The predicted molar refractivity (Wildman–Crippen MR) is 95.5 cm³/mol. The summed E-state index contributed by atoms with van der Waals surface area (Å²) >= 11 is 5.90. The number of hydrogen-bond donors (Lipinski definition) is 1. The van der Waals surface area contributed by atoms with Crippen LogP contribution < -0.4 is 5.32 Å². The molecule has 0 bridgehead atoms. The number of fused-ring (bicyclic) bond motifs is 1. The van der Waals surface area contributed by atoms with Crippen molar-refractivity contribution in [2.75, 3.05) is 11.9 Å². The summed E-state index contributed by atoms with van der Waals surface area (Å²) in [6.45, 7) is -0.483. The van der Waals surface area contributed by atoms with Crippen LogP contribution in [-0.4, -0.2) is 23.4 Å². The summed E-state index contributed by atoms with van der Waals surface area (Å²) in [4.78, 5) is 34.1. The van der Waals surface area contributed by atoms with Gasteiger partial charge in [-0.1, -0.05) is 17.7 Å². The third kappa shape index (κ3) is 4.00. The van der Waals surface area contributed by atoms with E-state index in [1.807, 2.05) is 6.07 Å². The number of non-ortho nitro benzene ring substituents is 1. The van der Waals surface area contributed by atoms with Crippen molar-refractivity contribution < 1.29 is 19.2 Å². The van der Waals surface area contributed by atoms with E-state index in [2.05, 4.69) is 5.32 Å². The lowest BCUT2D eigenvalue weighted by atomic mass is 10.1. The lowest BCUT2D eigenvalue weighted by molar-refractivity contribution is -0.384. The fourth-order valence-electron chi connectivity index (χ4n) is 2.82. The zero-order valence-electron chi connectivity index (χ0n) is 13.7. The molecule has 7 nitrogen and oxygen atoms in total. The van der Waals surface area contributed by atoms with Crippen LogP contribution in [0.4, 0.5) is 11.4 Å². The number of amides is 1. The molecule has 2 aromatic rings. The number of esters is 1. The van der Waals surface area contributed by atoms with Gasteiger partial charge in [-0.2, -0.15) is 0 Å². The second-order valence-corrected chi connectivity index (χ2v) is 6.29. The molecule has 0 saturated heterocycles. The van der Waals surface area contributed by atoms with E-state index in [4.69, 9.17) is 16.3 Å². The number of nitro groups is 1. The highest BCUT2D eigenvalue weighted by atomic mass is 35.5. The highest BCUT2D eigenvalue weighted by Crippen LogP contribution is 2.26. The number of rotatable bonds is 5. The van der Waals surface area contributed by atoms with Gasteiger partial charge < -0.3 is 10.1 Å². The predicted octanol–water partition coefficient (Wildman–Crippen LogP) is 3.53. The summed E-state index contributed by atoms with van der Waals surface area (Å²) in [7, 11) is 0. The Morgan fingerprint density at radius 1 is 1.15 bits per heavy atom. The van der Waals surface area contributed by atoms with Gasteiger partial charge in [-0.3, -0.25) is 14.9 Å². The number of nitrogens with one attached hydrogen (secondary N) is 1. The minimum Gasteiger partial charge on any atom is -0.452 e. The van der Waals surface area contributed by atoms with Crippen molar-refractivity contribution in [3.8, 4) is 0 Å². The fourth-order valence-corrected chi connectivity index (χ4v) is 3.04. The molecule has 2 aromatic carbocycles. The van der Waals surface area contributed by atoms with Crippen LogP contribution in [0.1, 0.15) is 27.9 Å². The summed E-state index contributed by atoms with van der Waals surface area (Å²) in [5.41, 5.74) is 2.81. The molecule has 8 heteroatoms. The van der Waals surface area contributed by atoms with Gasteiger partial charge in [0, 0.05) is 12.1 Å². The Kier molecular flexibility index (Phi) is 5.18. The Morgan fingerprint density at radius 3 is 2.65 bits per heavy atom. The molecule has 1 aliphatic rings. The Morgan fingerprint density at radius 2 is 1.92 bits per heavy atom. The number of benzene rings is 2. The number of nitrogens with zero attached hydrogens (tertiary/aromatic N) is 1. The summed E-state index contributed by atoms with van der Waals surface area (Å²) in [5.74, 6) is -1.17. The molecule has 0 spiro atoms. The molecule has 0 unspecified atom stereocenters. The minimum atomic E-state index is -0.588. The van der Waals surface area contributed by atoms with Crippen LogP contribution in [0.25, 0.3) is 0 Å². The highest BCUT2D eigenvalue weighted by molar-refractivity contribution is 6.34. The first-order valence-electron chi connectivity index (χ1n) is 7.97. The second-order valence-electron chi connectivity index (χ2n) is 5.88. The number of carbonyl (C=O) groups is 2. The van der Waals surface area contributed by atoms with Gasteiger partial charge in [0.2, 0.25) is 0 Å². The molecular weight excluding hydrogens is 360 g/mol. The zero-order chi connectivity index (χ0) is 18.7. The lowest BCUT2D eigenvalue weighted by Crippen LogP contribution is -2.21. The Balaban J connectivity index is 1.57. The molecule has 134 valence electrons. The van der Waals surface area contributed by atoms with Gasteiger partial charge in [-0.25, -0.2) is 4.79 Å². The first kappa shape index (κ1) is 17.9. The van der Waals surface area contributed by atoms with Crippen molar-refractivity contribution in [1.82, 2.24) is 0 Å². The van der Waals surface area contributed by atoms with Crippen molar-refractivity contribution >= 4 is 34.9 Å². The van der Waals surface area contributed by atoms with Gasteiger partial charge in [-0.05, 0) is 48.6 Å². The molecular formula is C18H15ClN2O5. The summed E-state index contributed by atoms with van der Waals surface area (Å²) in [5, 5.41) is 13.2. The molecule has 1 amide bonds. The smallest absolute Gasteiger partial charge is 0.338 e. The summed E-state index contributed by atoms with van der Waals surface area (Å²) < 4.78 is 5.02. The maximum absolute atomic E-state index is 12.1. The van der Waals surface area contributed by atoms with Crippen molar-refractivity contribution in [2.45, 2.75) is 19.3 Å². The fraction of sp³-hybridized carbons (Fsp3) is 0.222. The Hall–Kier alpha value is -2.93. The van der Waals surface area contributed by atoms with E-state index in [0.29, 0.717) is 5.56 Å². The summed E-state index contributed by atoms with van der Waals surface area (Å²) in [6.07, 6.45) is 3.03. The molecule has 3 rings (SSSR count). The number of aryl methyl sites for hydroxylation is 2. The van der Waals surface area contributed by atoms with E-state index in [9.17, 15) is 19.7 Å². The Labute approximate surface area is 154 Å². The van der Waals surface area contributed by atoms with E-state index in [1.165, 1.54) is 17.7 Å². The van der Waals surface area contributed by atoms with Gasteiger partial charge in [0.25, 0.3) is 11.6 Å². The third-order valence-corrected chi connectivity index (χ3v) is 4.42. The largest absolute Gasteiger partial charge is 0.452 e. The number of anilines is 1. The maximum Gasteiger partial charge on any atom is 0.338 e. The van der Waals surface area contributed by atoms with E-state index in [0.717, 1.165) is 30.9 Å². The van der Waals surface area contributed by atoms with E-state index < -0.39 is 23.4 Å². The summed E-state index contributed by atoms with van der Waals surface area (Å²) in [6, 6.07) is 9.08. The normalized spacial score (nSPS) is 12.3. The molecule has 0 aliphatic heterocycles. The Bertz CT molecular complexity index is 897. The number of ether oxygens (including phenoxy) is 1. The molecule has 0 atom stereocenters. The van der Waals surface area contributed by atoms with Gasteiger partial charge in [0.15, 0.2) is 6.61 Å². The van der Waals surface area contributed by atoms with E-state index in [1.54, 1.807) is 12.1 Å². The first-order chi connectivity index (χ1) is 12.4. The molecule has 0 aromatic heterocycles. The topological polar surface area (TPSA) is 98.5 Å². The standard InChI is InChI=1S/C18H15ClN2O5/c19-15-9-14(21(24)25)6-7-16(15)20-17(22)10-26-18(23)13-5-4-11-2-1-3-12(11)8-13/h4-9H,1-3,10H2,(H,20,22). The monoisotopic (exact) mass is 374 g/mol. The van der Waals surface area contributed by atoms with Crippen molar-refractivity contribution in [3.63, 3.8) is 0 Å². The van der Waals surface area contributed by atoms with Crippen LogP contribution in [-0.2, 0) is 22.4 Å². The minimum absolute atomic E-state index is 0.0255. The maximum atomic E-state index is 12.1. The van der Waals surface area contributed by atoms with Crippen LogP contribution in [0.2, 0.25) is 5.02 Å². The number of carbonyl (C=O) groups excluding carboxylic acids is 2. The number of halogens is 1. The van der Waals surface area contributed by atoms with Crippen LogP contribution in [0, 0.1) is 10.1 Å². The zero-order valence-corrected chi connectivity index (χ0v) is 14.4. The molecule has 1 N–H and O–H groups in total. The average molecular weight is 375 g/mol. The second kappa shape index (κ2) is 7.53. The number of nitro benzene ring substituents is 1. The van der Waals surface area contributed by atoms with Crippen molar-refractivity contribution in [1.29, 1.82) is 0 Å². The molecule has 0 saturated carbocycles. The van der Waals surface area contributed by atoms with Crippen LogP contribution in [0.3, 0.4) is 0 Å². The van der Waals surface area contributed by atoms with Gasteiger partial charge in [0.05, 0.1) is 21.2 Å². The SMILES string of the molecule is O=C(COC(=O)c1ccc2c(c1)CCC2)Nc1ccc([N+](=O)[O-])cc1Cl. The van der Waals surface area contributed by atoms with Crippen molar-refractivity contribution in [2.24, 2.45) is 0 Å². The molecule has 1 aliphatic carbocycles. The quantitative estimate of drug-likeness (QED) is 0.490. The van der Waals surface area contributed by atoms with Crippen molar-refractivity contribution in [3.05, 3.63) is 68.2 Å². The molecule has 0 radical (unpaired) electrons. The first-order valence-corrected chi connectivity index (χ1v) is 8.34. The van der Waals surface area contributed by atoms with E-state index in [-0.39, 0.29) is 16.4 Å². The molecule has 0 heterocycles. The lowest BCUT2D eigenvalue weighted by Gasteiger charge is -2.09. The van der Waals surface area contributed by atoms with Gasteiger partial charge in [-0.15, -0.1) is 0 Å². The third-order valence-electron chi connectivity index (χ3n) is 4.11. The van der Waals surface area contributed by atoms with Crippen LogP contribution in [0.5, 0.6) is 0 Å². The molecule has 0 fully saturated rings. The van der Waals surface area contributed by atoms with Gasteiger partial charge >= 0.3 is 5.97 Å². The van der Waals surface area contributed by atoms with E-state index >= 15 is 0 Å². The molecule has 26 heavy (non-hydrogen) atoms. The number of hydrogen-bond acceptors (Lipinski definition) is 5.